The molecule has 0 aromatic heterocycles. The molecular formula is C28H41NaO6. The quantitative estimate of drug-likeness (QED) is 0.427. The van der Waals surface area contributed by atoms with Gasteiger partial charge in [0.2, 0.25) is 0 Å². The van der Waals surface area contributed by atoms with E-state index in [1.54, 1.807) is 0 Å². The third-order valence-electron chi connectivity index (χ3n) is 10.4. The molecule has 4 aliphatic carbocycles. The van der Waals surface area contributed by atoms with E-state index >= 15 is 0 Å². The Morgan fingerprint density at radius 2 is 1.83 bits per heavy atom. The molecule has 0 bridgehead atoms. The molecule has 3 fully saturated rings. The topological polar surface area (TPSA) is 104 Å². The maximum atomic E-state index is 13.7. The van der Waals surface area contributed by atoms with Crippen molar-refractivity contribution in [2.24, 2.45) is 40.4 Å². The van der Waals surface area contributed by atoms with E-state index in [-0.39, 0.29) is 95.3 Å². The molecule has 0 spiro atoms. The van der Waals surface area contributed by atoms with Crippen molar-refractivity contribution in [3.63, 3.8) is 0 Å². The van der Waals surface area contributed by atoms with Crippen molar-refractivity contribution >= 4 is 17.7 Å². The number of ether oxygens (including phenoxy) is 1. The largest absolute Gasteiger partial charge is 1.00 e. The van der Waals surface area contributed by atoms with Gasteiger partial charge in [0.05, 0.1) is 17.6 Å². The van der Waals surface area contributed by atoms with E-state index in [0.29, 0.717) is 12.8 Å². The first-order valence-electron chi connectivity index (χ1n) is 13.3. The number of fused-ring (bicyclic) bond motifs is 5. The maximum Gasteiger partial charge on any atom is 1.00 e. The summed E-state index contributed by atoms with van der Waals surface area (Å²) in [6.45, 7) is 10.2. The second-order valence-corrected chi connectivity index (χ2v) is 12.2. The van der Waals surface area contributed by atoms with Crippen molar-refractivity contribution in [2.45, 2.75) is 104 Å². The minimum absolute atomic E-state index is 0. The van der Waals surface area contributed by atoms with Gasteiger partial charge in [0.1, 0.15) is 0 Å². The minimum atomic E-state index is -1.13. The second kappa shape index (κ2) is 10.2. The summed E-state index contributed by atoms with van der Waals surface area (Å²) in [5.41, 5.74) is -0.537. The fourth-order valence-corrected chi connectivity index (χ4v) is 8.71. The van der Waals surface area contributed by atoms with Crippen LogP contribution >= 0.6 is 0 Å². The van der Waals surface area contributed by atoms with Crippen LogP contribution < -0.4 is 34.7 Å². The number of rotatable bonds is 6. The summed E-state index contributed by atoms with van der Waals surface area (Å²) < 4.78 is 5.82. The number of allylic oxidation sites excluding steroid dienone is 1. The van der Waals surface area contributed by atoms with E-state index in [9.17, 15) is 24.6 Å². The van der Waals surface area contributed by atoms with Crippen LogP contribution in [0, 0.1) is 40.4 Å². The van der Waals surface area contributed by atoms with E-state index < -0.39 is 17.0 Å². The number of hydrogen-bond acceptors (Lipinski definition) is 6. The van der Waals surface area contributed by atoms with Crippen molar-refractivity contribution in [3.05, 3.63) is 11.6 Å². The number of aliphatic hydroxyl groups is 1. The van der Waals surface area contributed by atoms with E-state index in [1.807, 2.05) is 19.9 Å². The van der Waals surface area contributed by atoms with Crippen LogP contribution in [0.2, 0.25) is 0 Å². The molecule has 6 nitrogen and oxygen atoms in total. The fraction of sp³-hybridized carbons (Fsp3) is 0.821. The van der Waals surface area contributed by atoms with E-state index in [2.05, 4.69) is 20.8 Å². The normalized spacial score (nSPS) is 42.3. The molecule has 4 aliphatic rings. The number of carboxylic acid groups (broad SMARTS) is 1. The molecular weight excluding hydrogens is 455 g/mol. The Kier molecular flexibility index (Phi) is 8.44. The van der Waals surface area contributed by atoms with E-state index in [1.165, 1.54) is 0 Å². The molecule has 4 rings (SSSR count). The van der Waals surface area contributed by atoms with Gasteiger partial charge in [-0.25, -0.2) is 0 Å². The van der Waals surface area contributed by atoms with Gasteiger partial charge < -0.3 is 19.7 Å². The molecule has 35 heavy (non-hydrogen) atoms. The number of ketones is 1. The van der Waals surface area contributed by atoms with Crippen LogP contribution in [0.25, 0.3) is 0 Å². The molecule has 1 N–H and O–H groups in total. The van der Waals surface area contributed by atoms with Gasteiger partial charge in [-0.15, -0.1) is 0 Å². The third kappa shape index (κ3) is 4.59. The first kappa shape index (κ1) is 28.9. The van der Waals surface area contributed by atoms with Crippen LogP contribution in [0.5, 0.6) is 0 Å². The van der Waals surface area contributed by atoms with Gasteiger partial charge in [-0.05, 0) is 106 Å². The predicted octanol–water partition coefficient (Wildman–Crippen LogP) is 0.597. The number of hydrogen-bond donors (Lipinski definition) is 1. The summed E-state index contributed by atoms with van der Waals surface area (Å²) in [6.07, 6.45) is 6.72. The van der Waals surface area contributed by atoms with Crippen molar-refractivity contribution in [2.75, 3.05) is 0 Å². The summed E-state index contributed by atoms with van der Waals surface area (Å²) in [4.78, 5) is 37.4. The standard InChI is InChI=1S/C28H42O6.Na/c1-6-18-21-15-17(29)7-11-26(21,4)19-8-12-27(5)20(9-13-28(27,33)14-10-22(30)31)24(19)23(18)25(32)34-16(2)3;/h15-16,18-20,23-24,33H,6-14H2,1-5H3,(H,30,31);/q;+1/p-1/t18-,19+,20+,23-,24-,26-,27+,28-;/m1./s1. The van der Waals surface area contributed by atoms with Crippen LogP contribution in [0.3, 0.4) is 0 Å². The van der Waals surface area contributed by atoms with Crippen molar-refractivity contribution in [1.82, 2.24) is 0 Å². The van der Waals surface area contributed by atoms with E-state index in [4.69, 9.17) is 4.74 Å². The molecule has 0 saturated heterocycles. The van der Waals surface area contributed by atoms with Gasteiger partial charge in [0.25, 0.3) is 0 Å². The zero-order valence-corrected chi connectivity index (χ0v) is 24.4. The monoisotopic (exact) mass is 496 g/mol. The van der Waals surface area contributed by atoms with Crippen LogP contribution in [-0.2, 0) is 19.1 Å². The molecule has 0 amide bonds. The van der Waals surface area contributed by atoms with Gasteiger partial charge in [-0.1, -0.05) is 26.3 Å². The summed E-state index contributed by atoms with van der Waals surface area (Å²) in [6, 6.07) is 0. The molecule has 0 aromatic carbocycles. The van der Waals surface area contributed by atoms with Gasteiger partial charge in [-0.3, -0.25) is 9.59 Å². The fourth-order valence-electron chi connectivity index (χ4n) is 8.71. The Hall–Kier alpha value is -0.690. The molecule has 8 atom stereocenters. The first-order chi connectivity index (χ1) is 15.9. The van der Waals surface area contributed by atoms with Crippen LogP contribution in [0.1, 0.15) is 92.4 Å². The Balaban J connectivity index is 0.00000342. The van der Waals surface area contributed by atoms with Gasteiger partial charge in [0, 0.05) is 12.4 Å². The Labute approximate surface area is 231 Å². The Morgan fingerprint density at radius 3 is 2.43 bits per heavy atom. The summed E-state index contributed by atoms with van der Waals surface area (Å²) in [7, 11) is 0. The smallest absolute Gasteiger partial charge is 0.550 e. The van der Waals surface area contributed by atoms with Crippen molar-refractivity contribution in [1.29, 1.82) is 0 Å². The Bertz CT molecular complexity index is 898. The zero-order valence-electron chi connectivity index (χ0n) is 22.4. The maximum absolute atomic E-state index is 13.7. The molecule has 7 heteroatoms. The number of carbonyl (C=O) groups excluding carboxylic acids is 3. The van der Waals surface area contributed by atoms with Gasteiger partial charge >= 0.3 is 35.5 Å². The minimum Gasteiger partial charge on any atom is -0.550 e. The zero-order chi connectivity index (χ0) is 25.1. The van der Waals surface area contributed by atoms with Crippen LogP contribution in [-0.4, -0.2) is 34.5 Å². The summed E-state index contributed by atoms with van der Waals surface area (Å²) >= 11 is 0. The third-order valence-corrected chi connectivity index (χ3v) is 10.4. The van der Waals surface area contributed by atoms with Crippen molar-refractivity contribution in [3.8, 4) is 0 Å². The van der Waals surface area contributed by atoms with Crippen LogP contribution in [0.15, 0.2) is 11.6 Å². The summed E-state index contributed by atoms with van der Waals surface area (Å²) in [5.74, 6) is -1.19. The van der Waals surface area contributed by atoms with E-state index in [0.717, 1.165) is 37.7 Å². The molecule has 0 radical (unpaired) electrons. The first-order valence-corrected chi connectivity index (χ1v) is 13.3. The number of carboxylic acids is 1. The average molecular weight is 497 g/mol. The van der Waals surface area contributed by atoms with Gasteiger partial charge in [-0.2, -0.15) is 0 Å². The molecule has 0 aliphatic heterocycles. The average Bonchev–Trinajstić information content (AvgIpc) is 3.02. The second-order valence-electron chi connectivity index (χ2n) is 12.2. The molecule has 0 aromatic rings. The number of esters is 1. The van der Waals surface area contributed by atoms with Crippen LogP contribution in [0.4, 0.5) is 0 Å². The van der Waals surface area contributed by atoms with Gasteiger partial charge in [0.15, 0.2) is 5.78 Å². The SMILES string of the molecule is CC[C@@H]1C2=CC(=O)CC[C@]2(C)[C@H]2CC[C@@]3(C)[C@@H](CC[C@@]3(O)CCC(=O)[O-])[C@@H]2[C@@H]1C(=O)OC(C)C.[Na+]. The predicted molar refractivity (Wildman–Crippen MR) is 125 cm³/mol. The molecule has 0 unspecified atom stereocenters. The Morgan fingerprint density at radius 1 is 1.17 bits per heavy atom. The number of carbonyl (C=O) groups is 3. The number of aliphatic carboxylic acids is 1. The molecule has 0 heterocycles. The van der Waals surface area contributed by atoms with Crippen molar-refractivity contribution < 1.29 is 58.9 Å². The molecule has 190 valence electrons. The summed E-state index contributed by atoms with van der Waals surface area (Å²) in [5, 5.41) is 23.0. The molecule has 3 saturated carbocycles.